The summed E-state index contributed by atoms with van der Waals surface area (Å²) in [4.78, 5) is 86.3. The third-order valence-corrected chi connectivity index (χ3v) is 14.0. The molecule has 3 aliphatic carbocycles. The van der Waals surface area contributed by atoms with Gasteiger partial charge in [-0.25, -0.2) is 23.8 Å². The molecule has 5 aliphatic rings. The molecule has 6 amide bonds. The number of piperazine rings is 1. The zero-order valence-electron chi connectivity index (χ0n) is 36.9. The standard InChI is InChI=1S/C44H54BFN6O11S/c1-42(2,3)28-14-13-26(38(56)57)34(60-7)27(28)21-32(45-62-31-20-25-19-30(43(25,4)5)44(31,6)63-45)48-35(53)33(49-40(58)52-18-17-51(16-15-46)36(54)37(52)55)29-23-64-39(47-29)50-41(59)61-22-24-11-9-8-10-12-24/h8-14,23,25,30-33H,15-22H2,1-7H3,(H,48,53)(H,49,58)(H,56,57)(H,47,50,59)/t25-,30-,31?,32?,33?,44-/m0/s1. The van der Waals surface area contributed by atoms with Gasteiger partial charge in [0.25, 0.3) is 0 Å². The molecule has 4 N–H and O–H groups in total. The number of nitrogens with one attached hydrogen (secondary N) is 3. The monoisotopic (exact) mass is 904 g/mol. The number of urea groups is 1. The Labute approximate surface area is 374 Å². The topological polar surface area (TPSA) is 215 Å². The first-order valence-corrected chi connectivity index (χ1v) is 22.1. The Bertz CT molecular complexity index is 2310. The van der Waals surface area contributed by atoms with Gasteiger partial charge in [0.05, 0.1) is 30.4 Å². The maximum absolute atomic E-state index is 14.9. The Morgan fingerprint density at radius 1 is 1.05 bits per heavy atom. The minimum Gasteiger partial charge on any atom is -0.496 e. The fourth-order valence-electron chi connectivity index (χ4n) is 9.69. The summed E-state index contributed by atoms with van der Waals surface area (Å²) in [5, 5.41) is 19.8. The minimum absolute atomic E-state index is 0.0173. The summed E-state index contributed by atoms with van der Waals surface area (Å²) in [5.41, 5.74) is 0.578. The van der Waals surface area contributed by atoms with Crippen molar-refractivity contribution < 1.29 is 57.0 Å². The van der Waals surface area contributed by atoms with Gasteiger partial charge >= 0.3 is 37.0 Å². The number of aromatic nitrogens is 1. The number of nitrogens with zero attached hydrogens (tertiary/aromatic N) is 3. The largest absolute Gasteiger partial charge is 0.496 e. The van der Waals surface area contributed by atoms with E-state index in [0.717, 1.165) is 40.2 Å². The molecule has 3 unspecified atom stereocenters. The Morgan fingerprint density at radius 3 is 2.44 bits per heavy atom. The molecule has 64 heavy (non-hydrogen) atoms. The van der Waals surface area contributed by atoms with Crippen LogP contribution in [0.15, 0.2) is 47.8 Å². The van der Waals surface area contributed by atoms with Crippen molar-refractivity contribution in [2.45, 2.75) is 96.5 Å². The van der Waals surface area contributed by atoms with Crippen molar-refractivity contribution in [3.05, 3.63) is 75.8 Å². The second-order valence-corrected chi connectivity index (χ2v) is 19.3. The molecule has 17 nitrogen and oxygen atoms in total. The average Bonchev–Trinajstić information content (AvgIpc) is 3.86. The quantitative estimate of drug-likeness (QED) is 0.120. The van der Waals surface area contributed by atoms with E-state index in [4.69, 9.17) is 18.8 Å². The van der Waals surface area contributed by atoms with Gasteiger partial charge in [-0.3, -0.25) is 24.6 Å². The lowest BCUT2D eigenvalue weighted by Crippen LogP contribution is -2.65. The molecule has 2 aromatic carbocycles. The van der Waals surface area contributed by atoms with Gasteiger partial charge in [0.1, 0.15) is 24.6 Å². The number of alkyl halides is 1. The SMILES string of the molecule is COc1c(C(=O)O)ccc(C(C)(C)C)c1CC(NC(=O)C(NC(=O)N1CCN(CCF)C(=O)C1=O)c1csc(NC(=O)OCc2ccccc2)n1)B1OC2C[C@@H]3C[C@@H](C3(C)C)[C@]2(C)O1. The van der Waals surface area contributed by atoms with Gasteiger partial charge in [-0.05, 0) is 66.0 Å². The van der Waals surface area contributed by atoms with Gasteiger partial charge in [-0.1, -0.05) is 71.0 Å². The van der Waals surface area contributed by atoms with Crippen LogP contribution in [-0.4, -0.2) is 114 Å². The number of methoxy groups -OCH3 is 1. The Kier molecular flexibility index (Phi) is 13.1. The van der Waals surface area contributed by atoms with Gasteiger partial charge in [0, 0.05) is 30.6 Å². The molecule has 3 heterocycles. The second kappa shape index (κ2) is 18.1. The van der Waals surface area contributed by atoms with E-state index in [0.29, 0.717) is 16.4 Å². The van der Waals surface area contributed by atoms with Crippen molar-refractivity contribution in [2.75, 3.05) is 38.7 Å². The van der Waals surface area contributed by atoms with Gasteiger partial charge in [-0.2, -0.15) is 0 Å². The van der Waals surface area contributed by atoms with Crippen molar-refractivity contribution in [3.8, 4) is 5.75 Å². The van der Waals surface area contributed by atoms with Gasteiger partial charge in [-0.15, -0.1) is 11.3 Å². The number of hydrogen-bond acceptors (Lipinski definition) is 12. The summed E-state index contributed by atoms with van der Waals surface area (Å²) in [6, 6.07) is 9.46. The lowest BCUT2D eigenvalue weighted by atomic mass is 9.43. The highest BCUT2D eigenvalue weighted by molar-refractivity contribution is 7.13. The molecule has 0 radical (unpaired) electrons. The predicted molar refractivity (Wildman–Crippen MR) is 232 cm³/mol. The van der Waals surface area contributed by atoms with Crippen LogP contribution in [0.4, 0.5) is 19.1 Å². The Hall–Kier alpha value is -5.60. The van der Waals surface area contributed by atoms with E-state index in [9.17, 15) is 38.3 Å². The van der Waals surface area contributed by atoms with E-state index in [1.807, 2.05) is 33.8 Å². The van der Waals surface area contributed by atoms with Crippen LogP contribution in [0.5, 0.6) is 5.75 Å². The molecule has 2 saturated heterocycles. The number of anilines is 1. The second-order valence-electron chi connectivity index (χ2n) is 18.5. The number of carbonyl (C=O) groups excluding carboxylic acids is 5. The average molecular weight is 905 g/mol. The number of ether oxygens (including phenoxy) is 2. The third kappa shape index (κ3) is 9.04. The smallest absolute Gasteiger partial charge is 0.482 e. The number of carboxylic acids is 1. The van der Waals surface area contributed by atoms with Crippen LogP contribution in [0, 0.1) is 17.3 Å². The summed E-state index contributed by atoms with van der Waals surface area (Å²) in [7, 11) is 0.310. The lowest BCUT2D eigenvalue weighted by molar-refractivity contribution is -0.199. The summed E-state index contributed by atoms with van der Waals surface area (Å²) in [6.07, 6.45) is 0.493. The number of hydrogen-bond donors (Lipinski definition) is 4. The van der Waals surface area contributed by atoms with E-state index < -0.39 is 72.6 Å². The highest BCUT2D eigenvalue weighted by Crippen LogP contribution is 2.65. The van der Waals surface area contributed by atoms with Crippen molar-refractivity contribution in [2.24, 2.45) is 17.3 Å². The van der Waals surface area contributed by atoms with Crippen molar-refractivity contribution in [3.63, 3.8) is 0 Å². The summed E-state index contributed by atoms with van der Waals surface area (Å²) in [6.45, 7) is 10.7. The number of thiazole rings is 1. The highest BCUT2D eigenvalue weighted by Gasteiger charge is 2.68. The van der Waals surface area contributed by atoms with Crippen LogP contribution in [0.3, 0.4) is 0 Å². The fraction of sp³-hybridized carbons (Fsp3) is 0.523. The third-order valence-electron chi connectivity index (χ3n) is 13.2. The first-order valence-electron chi connectivity index (χ1n) is 21.2. The van der Waals surface area contributed by atoms with E-state index in [1.54, 1.807) is 30.3 Å². The van der Waals surface area contributed by atoms with E-state index in [-0.39, 0.29) is 72.2 Å². The number of halogens is 1. The highest BCUT2D eigenvalue weighted by atomic mass is 32.1. The molecule has 3 saturated carbocycles. The van der Waals surface area contributed by atoms with Gasteiger partial charge in [0.15, 0.2) is 11.2 Å². The molecule has 6 atom stereocenters. The predicted octanol–water partition coefficient (Wildman–Crippen LogP) is 5.28. The van der Waals surface area contributed by atoms with Crippen molar-refractivity contribution >= 4 is 59.4 Å². The molecule has 2 bridgehead atoms. The maximum atomic E-state index is 14.9. The molecule has 3 aromatic rings. The lowest BCUT2D eigenvalue weighted by Gasteiger charge is -2.64. The van der Waals surface area contributed by atoms with Crippen LogP contribution >= 0.6 is 11.3 Å². The number of aromatic carboxylic acids is 1. The van der Waals surface area contributed by atoms with Crippen LogP contribution in [0.1, 0.15) is 93.2 Å². The first-order chi connectivity index (χ1) is 30.3. The first kappa shape index (κ1) is 46.4. The Morgan fingerprint density at radius 2 is 1.78 bits per heavy atom. The van der Waals surface area contributed by atoms with Crippen LogP contribution in [0.25, 0.3) is 0 Å². The minimum atomic E-state index is -1.64. The number of imide groups is 1. The van der Waals surface area contributed by atoms with Crippen LogP contribution in [-0.2, 0) is 46.9 Å². The number of amides is 6. The van der Waals surface area contributed by atoms with Crippen LogP contribution < -0.4 is 20.7 Å². The Balaban J connectivity index is 1.23. The molecule has 2 aliphatic heterocycles. The van der Waals surface area contributed by atoms with Gasteiger partial charge in [0.2, 0.25) is 5.91 Å². The molecule has 8 rings (SSSR count). The molecule has 20 heteroatoms. The normalized spacial score (nSPS) is 23.4. The summed E-state index contributed by atoms with van der Waals surface area (Å²) >= 11 is 0.940. The zero-order valence-corrected chi connectivity index (χ0v) is 37.7. The molecular weight excluding hydrogens is 850 g/mol. The number of rotatable bonds is 14. The molecule has 0 spiro atoms. The summed E-state index contributed by atoms with van der Waals surface area (Å²) in [5.74, 6) is -4.72. The van der Waals surface area contributed by atoms with Gasteiger partial charge < -0.3 is 39.4 Å². The summed E-state index contributed by atoms with van der Waals surface area (Å²) < 4.78 is 37.9. The number of carboxylic acid groups (broad SMARTS) is 1. The van der Waals surface area contributed by atoms with E-state index >= 15 is 0 Å². The number of carbonyl (C=O) groups is 6. The van der Waals surface area contributed by atoms with Crippen LogP contribution in [0.2, 0.25) is 0 Å². The van der Waals surface area contributed by atoms with Crippen molar-refractivity contribution in [1.82, 2.24) is 25.4 Å². The fourth-order valence-corrected chi connectivity index (χ4v) is 10.4. The molecule has 342 valence electrons. The van der Waals surface area contributed by atoms with E-state index in [2.05, 4.69) is 34.8 Å². The van der Waals surface area contributed by atoms with Crippen molar-refractivity contribution in [1.29, 1.82) is 0 Å². The maximum Gasteiger partial charge on any atom is 0.482 e. The molecule has 1 aromatic heterocycles. The number of benzene rings is 2. The molecular formula is C44H54BFN6O11S. The van der Waals surface area contributed by atoms with E-state index in [1.165, 1.54) is 18.6 Å². The zero-order chi connectivity index (χ0) is 46.3. The molecule has 5 fully saturated rings.